The average Bonchev–Trinajstić information content (AvgIpc) is 2.93. The number of H-pyrrole nitrogens is 1. The van der Waals surface area contributed by atoms with Gasteiger partial charge in [-0.2, -0.15) is 0 Å². The van der Waals surface area contributed by atoms with Crippen LogP contribution in [0.3, 0.4) is 0 Å². The van der Waals surface area contributed by atoms with Gasteiger partial charge in [0, 0.05) is 56.8 Å². The third-order valence-electron chi connectivity index (χ3n) is 4.45. The van der Waals surface area contributed by atoms with E-state index in [-0.39, 0.29) is 0 Å². The van der Waals surface area contributed by atoms with E-state index in [0.29, 0.717) is 0 Å². The van der Waals surface area contributed by atoms with Crippen molar-refractivity contribution in [3.8, 4) is 0 Å². The molecule has 3 aromatic rings. The van der Waals surface area contributed by atoms with Crippen molar-refractivity contribution < 1.29 is 0 Å². The Morgan fingerprint density at radius 1 is 1.00 bits per heavy atom. The van der Waals surface area contributed by atoms with Crippen LogP contribution in [0.2, 0.25) is 0 Å². The molecule has 0 bridgehead atoms. The summed E-state index contributed by atoms with van der Waals surface area (Å²) in [6.07, 6.45) is 6.77. The van der Waals surface area contributed by atoms with Crippen molar-refractivity contribution in [1.29, 1.82) is 0 Å². The standard InChI is InChI=1S/C18H21N5/c1-6-20-18(21-7-1)23-10-2-9-22(11-12-23)14-15-3-4-16-5-8-19-17(16)13-15/h1,3-8,13,19H,2,9-12,14H2. The van der Waals surface area contributed by atoms with Gasteiger partial charge in [0.1, 0.15) is 0 Å². The normalized spacial score (nSPS) is 16.6. The van der Waals surface area contributed by atoms with E-state index in [1.54, 1.807) is 0 Å². The summed E-state index contributed by atoms with van der Waals surface area (Å²) in [7, 11) is 0. The minimum Gasteiger partial charge on any atom is -0.361 e. The van der Waals surface area contributed by atoms with Crippen molar-refractivity contribution >= 4 is 16.9 Å². The number of nitrogens with one attached hydrogen (secondary N) is 1. The molecule has 4 rings (SSSR count). The number of hydrogen-bond acceptors (Lipinski definition) is 4. The molecular weight excluding hydrogens is 286 g/mol. The van der Waals surface area contributed by atoms with Crippen molar-refractivity contribution in [2.75, 3.05) is 31.1 Å². The highest BCUT2D eigenvalue weighted by Crippen LogP contribution is 2.17. The first kappa shape index (κ1) is 14.2. The lowest BCUT2D eigenvalue weighted by atomic mass is 10.1. The number of benzene rings is 1. The molecule has 5 heteroatoms. The Morgan fingerprint density at radius 2 is 1.91 bits per heavy atom. The average molecular weight is 307 g/mol. The zero-order chi connectivity index (χ0) is 15.5. The van der Waals surface area contributed by atoms with Gasteiger partial charge < -0.3 is 9.88 Å². The Bertz CT molecular complexity index is 767. The van der Waals surface area contributed by atoms with Crippen LogP contribution in [-0.4, -0.2) is 46.0 Å². The lowest BCUT2D eigenvalue weighted by Crippen LogP contribution is -2.31. The first-order valence-electron chi connectivity index (χ1n) is 8.19. The van der Waals surface area contributed by atoms with Gasteiger partial charge in [-0.25, -0.2) is 9.97 Å². The number of fused-ring (bicyclic) bond motifs is 1. The van der Waals surface area contributed by atoms with Crippen LogP contribution in [-0.2, 0) is 6.54 Å². The largest absolute Gasteiger partial charge is 0.361 e. The first-order chi connectivity index (χ1) is 11.4. The fraction of sp³-hybridized carbons (Fsp3) is 0.333. The molecular formula is C18H21N5. The third kappa shape index (κ3) is 3.19. The molecule has 0 unspecified atom stereocenters. The van der Waals surface area contributed by atoms with Gasteiger partial charge in [0.05, 0.1) is 0 Å². The highest BCUT2D eigenvalue weighted by atomic mass is 15.3. The molecule has 3 heterocycles. The van der Waals surface area contributed by atoms with E-state index in [1.165, 1.54) is 16.5 Å². The van der Waals surface area contributed by atoms with Crippen LogP contribution in [0, 0.1) is 0 Å². The van der Waals surface area contributed by atoms with E-state index in [9.17, 15) is 0 Å². The minimum atomic E-state index is 0.849. The number of aromatic nitrogens is 3. The fourth-order valence-corrected chi connectivity index (χ4v) is 3.24. The van der Waals surface area contributed by atoms with Crippen LogP contribution in [0.1, 0.15) is 12.0 Å². The predicted molar refractivity (Wildman–Crippen MR) is 92.4 cm³/mol. The number of anilines is 1. The molecule has 1 N–H and O–H groups in total. The fourth-order valence-electron chi connectivity index (χ4n) is 3.24. The highest BCUT2D eigenvalue weighted by Gasteiger charge is 2.16. The topological polar surface area (TPSA) is 48.1 Å². The molecule has 23 heavy (non-hydrogen) atoms. The van der Waals surface area contributed by atoms with Crippen LogP contribution >= 0.6 is 0 Å². The number of nitrogens with zero attached hydrogens (tertiary/aromatic N) is 4. The van der Waals surface area contributed by atoms with E-state index in [0.717, 1.165) is 45.1 Å². The number of hydrogen-bond donors (Lipinski definition) is 1. The molecule has 1 saturated heterocycles. The molecule has 2 aromatic heterocycles. The Labute approximate surface area is 136 Å². The summed E-state index contributed by atoms with van der Waals surface area (Å²) in [5.41, 5.74) is 2.58. The van der Waals surface area contributed by atoms with E-state index < -0.39 is 0 Å². The predicted octanol–water partition coefficient (Wildman–Crippen LogP) is 2.67. The summed E-state index contributed by atoms with van der Waals surface area (Å²) in [6.45, 7) is 5.16. The molecule has 0 spiro atoms. The Morgan fingerprint density at radius 3 is 2.83 bits per heavy atom. The van der Waals surface area contributed by atoms with E-state index in [1.807, 2.05) is 24.7 Å². The summed E-state index contributed by atoms with van der Waals surface area (Å²) >= 11 is 0. The molecule has 1 aliphatic heterocycles. The SMILES string of the molecule is c1cnc(N2CCCN(Cc3ccc4cc[nH]c4c3)CC2)nc1. The van der Waals surface area contributed by atoms with Crippen molar-refractivity contribution in [1.82, 2.24) is 19.9 Å². The lowest BCUT2D eigenvalue weighted by molar-refractivity contribution is 0.285. The summed E-state index contributed by atoms with van der Waals surface area (Å²) in [5.74, 6) is 0.849. The Balaban J connectivity index is 1.42. The second kappa shape index (κ2) is 6.38. The van der Waals surface area contributed by atoms with Gasteiger partial charge in [-0.1, -0.05) is 12.1 Å². The van der Waals surface area contributed by atoms with Crippen LogP contribution in [0.5, 0.6) is 0 Å². The zero-order valence-corrected chi connectivity index (χ0v) is 13.2. The zero-order valence-electron chi connectivity index (χ0n) is 13.2. The second-order valence-corrected chi connectivity index (χ2v) is 6.06. The first-order valence-corrected chi connectivity index (χ1v) is 8.19. The van der Waals surface area contributed by atoms with Crippen molar-refractivity contribution in [3.05, 3.63) is 54.5 Å². The molecule has 1 aliphatic rings. The molecule has 1 fully saturated rings. The van der Waals surface area contributed by atoms with Gasteiger partial charge in [0.25, 0.3) is 0 Å². The van der Waals surface area contributed by atoms with E-state index >= 15 is 0 Å². The summed E-state index contributed by atoms with van der Waals surface area (Å²) < 4.78 is 0. The quantitative estimate of drug-likeness (QED) is 0.808. The maximum atomic E-state index is 4.37. The molecule has 118 valence electrons. The van der Waals surface area contributed by atoms with Crippen molar-refractivity contribution in [3.63, 3.8) is 0 Å². The molecule has 0 amide bonds. The maximum absolute atomic E-state index is 4.37. The number of aromatic amines is 1. The molecule has 0 atom stereocenters. The second-order valence-electron chi connectivity index (χ2n) is 6.06. The third-order valence-corrected chi connectivity index (χ3v) is 4.45. The highest BCUT2D eigenvalue weighted by molar-refractivity contribution is 5.79. The summed E-state index contributed by atoms with van der Waals surface area (Å²) in [4.78, 5) is 16.8. The molecule has 0 saturated carbocycles. The number of rotatable bonds is 3. The molecule has 1 aromatic carbocycles. The van der Waals surface area contributed by atoms with Gasteiger partial charge in [-0.3, -0.25) is 4.90 Å². The van der Waals surface area contributed by atoms with Gasteiger partial charge in [0.2, 0.25) is 5.95 Å². The van der Waals surface area contributed by atoms with Crippen LogP contribution in [0.15, 0.2) is 48.9 Å². The monoisotopic (exact) mass is 307 g/mol. The summed E-state index contributed by atoms with van der Waals surface area (Å²) in [6, 6.07) is 10.7. The maximum Gasteiger partial charge on any atom is 0.225 e. The van der Waals surface area contributed by atoms with Crippen molar-refractivity contribution in [2.24, 2.45) is 0 Å². The summed E-state index contributed by atoms with van der Waals surface area (Å²) in [5, 5.41) is 1.28. The lowest BCUT2D eigenvalue weighted by Gasteiger charge is -2.21. The van der Waals surface area contributed by atoms with Crippen LogP contribution in [0.25, 0.3) is 10.9 Å². The van der Waals surface area contributed by atoms with E-state index in [4.69, 9.17) is 0 Å². The smallest absolute Gasteiger partial charge is 0.225 e. The van der Waals surface area contributed by atoms with Gasteiger partial charge in [-0.15, -0.1) is 0 Å². The molecule has 0 aliphatic carbocycles. The van der Waals surface area contributed by atoms with Crippen molar-refractivity contribution in [2.45, 2.75) is 13.0 Å². The van der Waals surface area contributed by atoms with Crippen LogP contribution < -0.4 is 4.90 Å². The Kier molecular flexibility index (Phi) is 3.94. The minimum absolute atomic E-state index is 0.849. The molecule has 0 radical (unpaired) electrons. The van der Waals surface area contributed by atoms with Gasteiger partial charge in [-0.05, 0) is 35.6 Å². The van der Waals surface area contributed by atoms with E-state index in [2.05, 4.69) is 49.0 Å². The molecule has 5 nitrogen and oxygen atoms in total. The Hall–Kier alpha value is -2.40. The van der Waals surface area contributed by atoms with Gasteiger partial charge >= 0.3 is 0 Å². The van der Waals surface area contributed by atoms with Crippen LogP contribution in [0.4, 0.5) is 5.95 Å². The van der Waals surface area contributed by atoms with Gasteiger partial charge in [0.15, 0.2) is 0 Å².